The number of ether oxygens (including phenoxy) is 1. The second-order valence-corrected chi connectivity index (χ2v) is 6.91. The van der Waals surface area contributed by atoms with Crippen LogP contribution >= 0.6 is 0 Å². The first-order chi connectivity index (χ1) is 13.9. The average Bonchev–Trinajstić information content (AvgIpc) is 3.07. The largest absolute Gasteiger partial charge is 0.454 e. The zero-order chi connectivity index (χ0) is 21.0. The van der Waals surface area contributed by atoms with Gasteiger partial charge in [0, 0.05) is 13.6 Å². The summed E-state index contributed by atoms with van der Waals surface area (Å²) in [5.74, 6) is -1.64. The number of hydrogen-bond donors (Lipinski definition) is 0. The molecule has 0 radical (unpaired) electrons. The Balaban J connectivity index is 1.59. The number of carbonyl (C=O) groups excluding carboxylic acids is 2. The maximum atomic E-state index is 12.4. The molecule has 0 fully saturated rings. The van der Waals surface area contributed by atoms with Crippen molar-refractivity contribution in [3.8, 4) is 0 Å². The maximum absolute atomic E-state index is 12.4. The van der Waals surface area contributed by atoms with Gasteiger partial charge in [0.25, 0.3) is 5.91 Å². The standard InChI is InChI=1S/C22H24N2O5/c1-4-16-9-11-17(12-10-16)13-23(3)20(25)14-28-21(26)15(2)24-18-7-5-6-8-19(18)29-22(24)27/h5-12,15H,4,13-14H2,1-3H3. The summed E-state index contributed by atoms with van der Waals surface area (Å²) in [6.07, 6.45) is 0.957. The number of aromatic nitrogens is 1. The Morgan fingerprint density at radius 3 is 2.45 bits per heavy atom. The van der Waals surface area contributed by atoms with E-state index in [0.717, 1.165) is 12.0 Å². The van der Waals surface area contributed by atoms with Crippen molar-refractivity contribution in [2.45, 2.75) is 32.9 Å². The van der Waals surface area contributed by atoms with Crippen LogP contribution in [0.5, 0.6) is 0 Å². The minimum absolute atomic E-state index is 0.325. The van der Waals surface area contributed by atoms with Gasteiger partial charge in [0.15, 0.2) is 12.2 Å². The number of likely N-dealkylation sites (N-methyl/N-ethyl adjacent to an activating group) is 1. The lowest BCUT2D eigenvalue weighted by molar-refractivity contribution is -0.154. The molecule has 152 valence electrons. The van der Waals surface area contributed by atoms with Crippen molar-refractivity contribution in [2.24, 2.45) is 0 Å². The molecule has 1 unspecified atom stereocenters. The highest BCUT2D eigenvalue weighted by Crippen LogP contribution is 2.17. The van der Waals surface area contributed by atoms with Crippen LogP contribution in [0.3, 0.4) is 0 Å². The first kappa shape index (κ1) is 20.4. The molecular formula is C22H24N2O5. The molecule has 0 spiro atoms. The van der Waals surface area contributed by atoms with Gasteiger partial charge in [0.2, 0.25) is 0 Å². The topological polar surface area (TPSA) is 81.8 Å². The number of amides is 1. The maximum Gasteiger partial charge on any atom is 0.420 e. The average molecular weight is 396 g/mol. The first-order valence-corrected chi connectivity index (χ1v) is 9.49. The number of fused-ring (bicyclic) bond motifs is 1. The third-order valence-electron chi connectivity index (χ3n) is 4.86. The van der Waals surface area contributed by atoms with E-state index >= 15 is 0 Å². The predicted octanol–water partition coefficient (Wildman–Crippen LogP) is 2.92. The van der Waals surface area contributed by atoms with Crippen LogP contribution in [0.25, 0.3) is 11.1 Å². The lowest BCUT2D eigenvalue weighted by Crippen LogP contribution is -2.33. The molecule has 3 aromatic rings. The monoisotopic (exact) mass is 396 g/mol. The van der Waals surface area contributed by atoms with Crippen LogP contribution in [-0.2, 0) is 27.3 Å². The number of benzene rings is 2. The van der Waals surface area contributed by atoms with Gasteiger partial charge >= 0.3 is 11.7 Å². The molecule has 0 bridgehead atoms. The Labute approximate surface area is 168 Å². The predicted molar refractivity (Wildman–Crippen MR) is 108 cm³/mol. The Bertz CT molecular complexity index is 1060. The molecule has 1 aromatic heterocycles. The number of esters is 1. The molecule has 0 aliphatic heterocycles. The van der Waals surface area contributed by atoms with Crippen molar-refractivity contribution in [3.05, 3.63) is 70.2 Å². The highest BCUT2D eigenvalue weighted by Gasteiger charge is 2.23. The molecule has 0 aliphatic rings. The van der Waals surface area contributed by atoms with Crippen molar-refractivity contribution >= 4 is 23.0 Å². The normalized spacial score (nSPS) is 12.0. The molecule has 0 saturated heterocycles. The van der Waals surface area contributed by atoms with Crippen molar-refractivity contribution < 1.29 is 18.7 Å². The highest BCUT2D eigenvalue weighted by molar-refractivity contribution is 5.83. The van der Waals surface area contributed by atoms with Crippen LogP contribution in [0.1, 0.15) is 31.0 Å². The summed E-state index contributed by atoms with van der Waals surface area (Å²) in [6.45, 7) is 3.65. The van der Waals surface area contributed by atoms with Gasteiger partial charge in [-0.3, -0.25) is 9.36 Å². The Morgan fingerprint density at radius 1 is 1.10 bits per heavy atom. The zero-order valence-corrected chi connectivity index (χ0v) is 16.8. The van der Waals surface area contributed by atoms with E-state index < -0.39 is 24.4 Å². The van der Waals surface area contributed by atoms with Gasteiger partial charge in [0.1, 0.15) is 6.04 Å². The SMILES string of the molecule is CCc1ccc(CN(C)C(=O)COC(=O)C(C)n2c(=O)oc3ccccc32)cc1. The minimum atomic E-state index is -0.911. The summed E-state index contributed by atoms with van der Waals surface area (Å²) >= 11 is 0. The Hall–Kier alpha value is -3.35. The van der Waals surface area contributed by atoms with Crippen LogP contribution in [0.4, 0.5) is 0 Å². The second kappa shape index (κ2) is 8.77. The molecule has 0 aliphatic carbocycles. The summed E-state index contributed by atoms with van der Waals surface area (Å²) in [5, 5.41) is 0. The highest BCUT2D eigenvalue weighted by atomic mass is 16.5. The third-order valence-corrected chi connectivity index (χ3v) is 4.86. The number of nitrogens with zero attached hydrogens (tertiary/aromatic N) is 2. The van der Waals surface area contributed by atoms with Crippen LogP contribution in [-0.4, -0.2) is 35.0 Å². The molecule has 0 N–H and O–H groups in total. The molecule has 7 heteroatoms. The van der Waals surface area contributed by atoms with Crippen LogP contribution in [0, 0.1) is 0 Å². The van der Waals surface area contributed by atoms with Crippen molar-refractivity contribution in [1.29, 1.82) is 0 Å². The fourth-order valence-electron chi connectivity index (χ4n) is 3.06. The molecule has 29 heavy (non-hydrogen) atoms. The molecule has 2 aromatic carbocycles. The van der Waals surface area contributed by atoms with E-state index in [9.17, 15) is 14.4 Å². The summed E-state index contributed by atoms with van der Waals surface area (Å²) in [6, 6.07) is 13.9. The number of oxazole rings is 1. The molecule has 1 atom stereocenters. The van der Waals surface area contributed by atoms with Crippen LogP contribution in [0.2, 0.25) is 0 Å². The minimum Gasteiger partial charge on any atom is -0.454 e. The fraction of sp³-hybridized carbons (Fsp3) is 0.318. The number of aryl methyl sites for hydroxylation is 1. The van der Waals surface area contributed by atoms with Crippen LogP contribution in [0.15, 0.2) is 57.7 Å². The van der Waals surface area contributed by atoms with E-state index in [-0.39, 0.29) is 5.91 Å². The van der Waals surface area contributed by atoms with E-state index in [1.807, 2.05) is 24.3 Å². The van der Waals surface area contributed by atoms with Gasteiger partial charge in [-0.15, -0.1) is 0 Å². The van der Waals surface area contributed by atoms with E-state index in [0.29, 0.717) is 17.6 Å². The van der Waals surface area contributed by atoms with E-state index in [2.05, 4.69) is 6.92 Å². The van der Waals surface area contributed by atoms with E-state index in [1.165, 1.54) is 22.0 Å². The molecule has 7 nitrogen and oxygen atoms in total. The number of carbonyl (C=O) groups is 2. The van der Waals surface area contributed by atoms with Gasteiger partial charge in [-0.2, -0.15) is 0 Å². The fourth-order valence-corrected chi connectivity index (χ4v) is 3.06. The quantitative estimate of drug-likeness (QED) is 0.574. The van der Waals surface area contributed by atoms with Gasteiger partial charge in [-0.25, -0.2) is 9.59 Å². The Morgan fingerprint density at radius 2 is 1.76 bits per heavy atom. The lowest BCUT2D eigenvalue weighted by atomic mass is 10.1. The van der Waals surface area contributed by atoms with Gasteiger partial charge < -0.3 is 14.1 Å². The van der Waals surface area contributed by atoms with E-state index in [1.54, 1.807) is 31.3 Å². The second-order valence-electron chi connectivity index (χ2n) is 6.91. The van der Waals surface area contributed by atoms with E-state index in [4.69, 9.17) is 9.15 Å². The smallest absolute Gasteiger partial charge is 0.420 e. The van der Waals surface area contributed by atoms with Crippen molar-refractivity contribution in [2.75, 3.05) is 13.7 Å². The zero-order valence-electron chi connectivity index (χ0n) is 16.8. The third kappa shape index (κ3) is 4.56. The summed E-state index contributed by atoms with van der Waals surface area (Å²) in [7, 11) is 1.65. The number of para-hydroxylation sites is 2. The van der Waals surface area contributed by atoms with Crippen molar-refractivity contribution in [1.82, 2.24) is 9.47 Å². The molecule has 0 saturated carbocycles. The number of rotatable bonds is 7. The molecule has 1 heterocycles. The molecular weight excluding hydrogens is 372 g/mol. The van der Waals surface area contributed by atoms with Gasteiger partial charge in [-0.1, -0.05) is 43.3 Å². The van der Waals surface area contributed by atoms with Crippen molar-refractivity contribution in [3.63, 3.8) is 0 Å². The summed E-state index contributed by atoms with van der Waals surface area (Å²) in [4.78, 5) is 38.3. The van der Waals surface area contributed by atoms with Gasteiger partial charge in [0.05, 0.1) is 5.52 Å². The first-order valence-electron chi connectivity index (χ1n) is 9.49. The Kier molecular flexibility index (Phi) is 6.16. The number of hydrogen-bond acceptors (Lipinski definition) is 5. The molecule has 1 amide bonds. The lowest BCUT2D eigenvalue weighted by Gasteiger charge is -2.18. The van der Waals surface area contributed by atoms with Gasteiger partial charge in [-0.05, 0) is 36.6 Å². The summed E-state index contributed by atoms with van der Waals surface area (Å²) in [5.41, 5.74) is 3.12. The molecule has 3 rings (SSSR count). The van der Waals surface area contributed by atoms with Crippen LogP contribution < -0.4 is 5.76 Å². The summed E-state index contributed by atoms with van der Waals surface area (Å²) < 4.78 is 11.5.